The van der Waals surface area contributed by atoms with E-state index in [1.165, 1.54) is 25.3 Å². The van der Waals surface area contributed by atoms with Gasteiger partial charge in [0.05, 0.1) is 18.7 Å². The standard InChI is InChI=1S/C9H7F2NO/c1-13-7-3-2-6(5-12)8(4-7)9(10)11/h2-4,9H,1H3. The molecular weight excluding hydrogens is 176 g/mol. The van der Waals surface area contributed by atoms with Crippen LogP contribution in [0.1, 0.15) is 17.6 Å². The molecule has 4 heteroatoms. The van der Waals surface area contributed by atoms with E-state index in [4.69, 9.17) is 10.00 Å². The molecule has 0 fully saturated rings. The fourth-order valence-corrected chi connectivity index (χ4v) is 0.950. The molecule has 0 saturated carbocycles. The van der Waals surface area contributed by atoms with Crippen molar-refractivity contribution in [3.8, 4) is 11.8 Å². The third-order valence-electron chi connectivity index (χ3n) is 1.61. The lowest BCUT2D eigenvalue weighted by Gasteiger charge is -2.04. The molecule has 1 aromatic carbocycles. The smallest absolute Gasteiger partial charge is 0.265 e. The van der Waals surface area contributed by atoms with E-state index in [0.29, 0.717) is 5.75 Å². The number of hydrogen-bond acceptors (Lipinski definition) is 2. The molecule has 13 heavy (non-hydrogen) atoms. The lowest BCUT2D eigenvalue weighted by Crippen LogP contribution is -1.92. The first kappa shape index (κ1) is 9.46. The third kappa shape index (κ3) is 1.94. The summed E-state index contributed by atoms with van der Waals surface area (Å²) in [7, 11) is 1.39. The summed E-state index contributed by atoms with van der Waals surface area (Å²) in [6, 6.07) is 5.66. The fourth-order valence-electron chi connectivity index (χ4n) is 0.950. The van der Waals surface area contributed by atoms with Crippen LogP contribution in [0.4, 0.5) is 8.78 Å². The highest BCUT2D eigenvalue weighted by atomic mass is 19.3. The summed E-state index contributed by atoms with van der Waals surface area (Å²) in [6.07, 6.45) is -2.65. The molecule has 0 bridgehead atoms. The Hall–Kier alpha value is -1.63. The summed E-state index contributed by atoms with van der Waals surface area (Å²) in [5, 5.41) is 8.51. The SMILES string of the molecule is COc1ccc(C#N)c(C(F)F)c1. The molecule has 1 aromatic rings. The van der Waals surface area contributed by atoms with Gasteiger partial charge in [0.15, 0.2) is 0 Å². The van der Waals surface area contributed by atoms with Crippen molar-refractivity contribution in [3.05, 3.63) is 29.3 Å². The number of halogens is 2. The summed E-state index contributed by atoms with van der Waals surface area (Å²) >= 11 is 0. The predicted octanol–water partition coefficient (Wildman–Crippen LogP) is 2.50. The maximum atomic E-state index is 12.3. The highest BCUT2D eigenvalue weighted by molar-refractivity contribution is 5.43. The van der Waals surface area contributed by atoms with E-state index in [9.17, 15) is 8.78 Å². The van der Waals surface area contributed by atoms with Crippen molar-refractivity contribution < 1.29 is 13.5 Å². The Kier molecular flexibility index (Phi) is 2.80. The van der Waals surface area contributed by atoms with Crippen LogP contribution >= 0.6 is 0 Å². The van der Waals surface area contributed by atoms with Crippen LogP contribution in [0.25, 0.3) is 0 Å². The number of ether oxygens (including phenoxy) is 1. The van der Waals surface area contributed by atoms with Crippen LogP contribution < -0.4 is 4.74 Å². The summed E-state index contributed by atoms with van der Waals surface area (Å²) in [6.45, 7) is 0. The topological polar surface area (TPSA) is 33.0 Å². The van der Waals surface area contributed by atoms with Crippen molar-refractivity contribution in [2.45, 2.75) is 6.43 Å². The van der Waals surface area contributed by atoms with Gasteiger partial charge in [-0.05, 0) is 18.2 Å². The van der Waals surface area contributed by atoms with E-state index in [0.717, 1.165) is 0 Å². The number of methoxy groups -OCH3 is 1. The second-order valence-electron chi connectivity index (χ2n) is 2.37. The van der Waals surface area contributed by atoms with Crippen molar-refractivity contribution in [2.24, 2.45) is 0 Å². The molecule has 68 valence electrons. The number of nitrogens with zero attached hydrogens (tertiary/aromatic N) is 1. The molecule has 0 heterocycles. The number of benzene rings is 1. The first-order chi connectivity index (χ1) is 6.19. The van der Waals surface area contributed by atoms with Gasteiger partial charge in [-0.3, -0.25) is 0 Å². The highest BCUT2D eigenvalue weighted by Gasteiger charge is 2.13. The quantitative estimate of drug-likeness (QED) is 0.705. The zero-order valence-corrected chi connectivity index (χ0v) is 6.92. The van der Waals surface area contributed by atoms with Crippen LogP contribution in [0.15, 0.2) is 18.2 Å². The Morgan fingerprint density at radius 1 is 1.46 bits per heavy atom. The Labute approximate surface area is 74.4 Å². The Morgan fingerprint density at radius 3 is 2.62 bits per heavy atom. The van der Waals surface area contributed by atoms with Gasteiger partial charge in [-0.1, -0.05) is 0 Å². The van der Waals surface area contributed by atoms with Gasteiger partial charge in [-0.15, -0.1) is 0 Å². The lowest BCUT2D eigenvalue weighted by atomic mass is 10.1. The van der Waals surface area contributed by atoms with Crippen molar-refractivity contribution in [3.63, 3.8) is 0 Å². The molecule has 0 aliphatic heterocycles. The summed E-state index contributed by atoms with van der Waals surface area (Å²) in [5.41, 5.74) is -0.308. The predicted molar refractivity (Wildman–Crippen MR) is 42.7 cm³/mol. The molecule has 2 nitrogen and oxygen atoms in total. The average molecular weight is 183 g/mol. The van der Waals surface area contributed by atoms with Gasteiger partial charge in [0.1, 0.15) is 5.75 Å². The number of alkyl halides is 2. The highest BCUT2D eigenvalue weighted by Crippen LogP contribution is 2.26. The molecule has 0 spiro atoms. The van der Waals surface area contributed by atoms with E-state index in [1.807, 2.05) is 0 Å². The van der Waals surface area contributed by atoms with Gasteiger partial charge in [-0.2, -0.15) is 5.26 Å². The number of hydrogen-bond donors (Lipinski definition) is 0. The number of rotatable bonds is 2. The first-order valence-corrected chi connectivity index (χ1v) is 3.55. The Bertz CT molecular complexity index is 344. The van der Waals surface area contributed by atoms with E-state index < -0.39 is 6.43 Å². The van der Waals surface area contributed by atoms with Gasteiger partial charge >= 0.3 is 0 Å². The van der Waals surface area contributed by atoms with Gasteiger partial charge in [-0.25, -0.2) is 8.78 Å². The molecule has 1 rings (SSSR count). The normalized spacial score (nSPS) is 9.77. The molecular formula is C9H7F2NO. The van der Waals surface area contributed by atoms with Crippen LogP contribution in [-0.2, 0) is 0 Å². The van der Waals surface area contributed by atoms with E-state index >= 15 is 0 Å². The van der Waals surface area contributed by atoms with Crippen LogP contribution in [0, 0.1) is 11.3 Å². The van der Waals surface area contributed by atoms with E-state index in [1.54, 1.807) is 6.07 Å². The van der Waals surface area contributed by atoms with Crippen LogP contribution in [0.2, 0.25) is 0 Å². The second-order valence-corrected chi connectivity index (χ2v) is 2.37. The fraction of sp³-hybridized carbons (Fsp3) is 0.222. The monoisotopic (exact) mass is 183 g/mol. The minimum atomic E-state index is -2.65. The van der Waals surface area contributed by atoms with Crippen molar-refractivity contribution in [1.82, 2.24) is 0 Å². The molecule has 0 aromatic heterocycles. The first-order valence-electron chi connectivity index (χ1n) is 3.55. The maximum absolute atomic E-state index is 12.3. The second kappa shape index (κ2) is 3.85. The lowest BCUT2D eigenvalue weighted by molar-refractivity contribution is 0.150. The van der Waals surface area contributed by atoms with Crippen LogP contribution in [0.3, 0.4) is 0 Å². The van der Waals surface area contributed by atoms with Gasteiger partial charge in [0, 0.05) is 5.56 Å². The summed E-state index contributed by atoms with van der Waals surface area (Å²) in [5.74, 6) is 0.328. The molecule has 0 aliphatic rings. The van der Waals surface area contributed by atoms with E-state index in [2.05, 4.69) is 0 Å². The zero-order valence-electron chi connectivity index (χ0n) is 6.92. The third-order valence-corrected chi connectivity index (χ3v) is 1.61. The van der Waals surface area contributed by atoms with Gasteiger partial charge in [0.2, 0.25) is 0 Å². The molecule has 0 radical (unpaired) electrons. The zero-order chi connectivity index (χ0) is 9.84. The minimum Gasteiger partial charge on any atom is -0.497 e. The Balaban J connectivity index is 3.20. The van der Waals surface area contributed by atoms with Crippen LogP contribution in [0.5, 0.6) is 5.75 Å². The van der Waals surface area contributed by atoms with Gasteiger partial charge in [0.25, 0.3) is 6.43 Å². The molecule has 0 amide bonds. The average Bonchev–Trinajstić information content (AvgIpc) is 2.16. The van der Waals surface area contributed by atoms with Gasteiger partial charge < -0.3 is 4.74 Å². The van der Waals surface area contributed by atoms with Crippen LogP contribution in [-0.4, -0.2) is 7.11 Å². The van der Waals surface area contributed by atoms with Crippen molar-refractivity contribution >= 4 is 0 Å². The van der Waals surface area contributed by atoms with E-state index in [-0.39, 0.29) is 11.1 Å². The number of nitriles is 1. The largest absolute Gasteiger partial charge is 0.497 e. The van der Waals surface area contributed by atoms with Crippen molar-refractivity contribution in [1.29, 1.82) is 5.26 Å². The molecule has 0 saturated heterocycles. The molecule has 0 atom stereocenters. The van der Waals surface area contributed by atoms with Crippen molar-refractivity contribution in [2.75, 3.05) is 7.11 Å². The Morgan fingerprint density at radius 2 is 2.15 bits per heavy atom. The molecule has 0 N–H and O–H groups in total. The summed E-state index contributed by atoms with van der Waals surface area (Å²) in [4.78, 5) is 0. The summed E-state index contributed by atoms with van der Waals surface area (Å²) < 4.78 is 29.4. The minimum absolute atomic E-state index is 0.0178. The maximum Gasteiger partial charge on any atom is 0.265 e. The molecule has 0 aliphatic carbocycles. The molecule has 0 unspecified atom stereocenters.